The van der Waals surface area contributed by atoms with Gasteiger partial charge < -0.3 is 15.0 Å². The van der Waals surface area contributed by atoms with Crippen LogP contribution in [0.3, 0.4) is 0 Å². The van der Waals surface area contributed by atoms with Gasteiger partial charge in [-0.15, -0.1) is 0 Å². The van der Waals surface area contributed by atoms with Crippen molar-refractivity contribution in [2.24, 2.45) is 16.3 Å². The van der Waals surface area contributed by atoms with Crippen molar-refractivity contribution in [1.82, 2.24) is 10.2 Å². The largest absolute Gasteiger partial charge is 0.377 e. The molecule has 0 bridgehead atoms. The van der Waals surface area contributed by atoms with E-state index in [1.807, 2.05) is 0 Å². The normalized spacial score (nSPS) is 23.5. The number of guanidine groups is 1. The number of nitrogens with one attached hydrogen (secondary N) is 1. The standard InChI is InChI=1S/C18H37N3O/c1-7-9-12-21(6)17(19-8-2)20-14-15-11-10-13-22-16(15)18(3,4)5/h15-16H,7-14H2,1-6H3,(H,19,20). The van der Waals surface area contributed by atoms with Crippen LogP contribution >= 0.6 is 0 Å². The Labute approximate surface area is 137 Å². The predicted octanol–water partition coefficient (Wildman–Crippen LogP) is 3.53. The lowest BCUT2D eigenvalue weighted by molar-refractivity contribution is -0.0824. The SMILES string of the molecule is CCCCN(C)C(=NCC1CCCOC1C(C)(C)C)NCC. The lowest BCUT2D eigenvalue weighted by Crippen LogP contribution is -2.43. The molecule has 4 nitrogen and oxygen atoms in total. The molecular weight excluding hydrogens is 274 g/mol. The third-order valence-corrected chi connectivity index (χ3v) is 4.32. The summed E-state index contributed by atoms with van der Waals surface area (Å²) in [4.78, 5) is 7.16. The second kappa shape index (κ2) is 9.39. The van der Waals surface area contributed by atoms with Crippen molar-refractivity contribution in [1.29, 1.82) is 0 Å². The lowest BCUT2D eigenvalue weighted by Gasteiger charge is -2.39. The topological polar surface area (TPSA) is 36.9 Å². The van der Waals surface area contributed by atoms with Crippen molar-refractivity contribution in [3.05, 3.63) is 0 Å². The first kappa shape index (κ1) is 19.3. The molecule has 0 aromatic heterocycles. The van der Waals surface area contributed by atoms with E-state index in [1.54, 1.807) is 0 Å². The monoisotopic (exact) mass is 311 g/mol. The average molecular weight is 312 g/mol. The van der Waals surface area contributed by atoms with Gasteiger partial charge >= 0.3 is 0 Å². The van der Waals surface area contributed by atoms with Crippen LogP contribution in [0.1, 0.15) is 60.3 Å². The fraction of sp³-hybridized carbons (Fsp3) is 0.944. The molecule has 1 rings (SSSR count). The Balaban J connectivity index is 2.70. The molecule has 2 unspecified atom stereocenters. The van der Waals surface area contributed by atoms with Crippen molar-refractivity contribution < 1.29 is 4.74 Å². The first-order chi connectivity index (χ1) is 10.4. The van der Waals surface area contributed by atoms with E-state index in [4.69, 9.17) is 9.73 Å². The Morgan fingerprint density at radius 3 is 2.64 bits per heavy atom. The van der Waals surface area contributed by atoms with E-state index in [9.17, 15) is 0 Å². The van der Waals surface area contributed by atoms with Crippen LogP contribution in [-0.4, -0.2) is 50.3 Å². The van der Waals surface area contributed by atoms with E-state index in [0.717, 1.165) is 38.6 Å². The maximum Gasteiger partial charge on any atom is 0.193 e. The molecule has 0 spiro atoms. The van der Waals surface area contributed by atoms with Crippen LogP contribution < -0.4 is 5.32 Å². The molecule has 130 valence electrons. The van der Waals surface area contributed by atoms with Gasteiger partial charge in [0.25, 0.3) is 0 Å². The van der Waals surface area contributed by atoms with Crippen molar-refractivity contribution in [3.8, 4) is 0 Å². The number of hydrogen-bond donors (Lipinski definition) is 1. The van der Waals surface area contributed by atoms with E-state index in [2.05, 4.69) is 51.9 Å². The smallest absolute Gasteiger partial charge is 0.193 e. The Kier molecular flexibility index (Phi) is 8.23. The lowest BCUT2D eigenvalue weighted by atomic mass is 9.78. The van der Waals surface area contributed by atoms with E-state index in [1.165, 1.54) is 19.3 Å². The highest BCUT2D eigenvalue weighted by atomic mass is 16.5. The summed E-state index contributed by atoms with van der Waals surface area (Å²) in [6.45, 7) is 14.9. The molecule has 0 aliphatic carbocycles. The molecule has 1 aliphatic rings. The molecule has 0 saturated carbocycles. The molecule has 0 aromatic carbocycles. The summed E-state index contributed by atoms with van der Waals surface area (Å²) in [6.07, 6.45) is 5.12. The third-order valence-electron chi connectivity index (χ3n) is 4.32. The maximum atomic E-state index is 6.07. The first-order valence-electron chi connectivity index (χ1n) is 9.01. The van der Waals surface area contributed by atoms with Crippen LogP contribution in [0.5, 0.6) is 0 Å². The zero-order valence-electron chi connectivity index (χ0n) is 15.6. The maximum absolute atomic E-state index is 6.07. The molecule has 22 heavy (non-hydrogen) atoms. The molecule has 0 aromatic rings. The summed E-state index contributed by atoms with van der Waals surface area (Å²) in [5, 5.41) is 3.42. The molecule has 1 aliphatic heterocycles. The van der Waals surface area contributed by atoms with Crippen molar-refractivity contribution in [2.45, 2.75) is 66.4 Å². The van der Waals surface area contributed by atoms with E-state index < -0.39 is 0 Å². The second-order valence-corrected chi connectivity index (χ2v) is 7.53. The zero-order valence-corrected chi connectivity index (χ0v) is 15.6. The predicted molar refractivity (Wildman–Crippen MR) is 95.4 cm³/mol. The number of unbranched alkanes of at least 4 members (excludes halogenated alkanes) is 1. The number of ether oxygens (including phenoxy) is 1. The molecule has 1 fully saturated rings. The van der Waals surface area contributed by atoms with Crippen molar-refractivity contribution >= 4 is 5.96 Å². The van der Waals surface area contributed by atoms with E-state index in [-0.39, 0.29) is 5.41 Å². The molecule has 0 radical (unpaired) electrons. The van der Waals surface area contributed by atoms with Crippen LogP contribution in [0.4, 0.5) is 0 Å². The Morgan fingerprint density at radius 2 is 2.05 bits per heavy atom. The highest BCUT2D eigenvalue weighted by Gasteiger charge is 2.35. The Bertz CT molecular complexity index is 336. The molecule has 1 saturated heterocycles. The van der Waals surface area contributed by atoms with Crippen LogP contribution in [0.2, 0.25) is 0 Å². The van der Waals surface area contributed by atoms with Crippen LogP contribution in [0.25, 0.3) is 0 Å². The number of nitrogens with zero attached hydrogens (tertiary/aromatic N) is 2. The molecule has 2 atom stereocenters. The highest BCUT2D eigenvalue weighted by molar-refractivity contribution is 5.79. The van der Waals surface area contributed by atoms with Crippen LogP contribution in [0.15, 0.2) is 4.99 Å². The molecule has 0 amide bonds. The van der Waals surface area contributed by atoms with E-state index in [0.29, 0.717) is 12.0 Å². The minimum absolute atomic E-state index is 0.188. The molecule has 1 N–H and O–H groups in total. The van der Waals surface area contributed by atoms with Gasteiger partial charge in [0, 0.05) is 39.2 Å². The summed E-state index contributed by atoms with van der Waals surface area (Å²) in [5.41, 5.74) is 0.188. The number of hydrogen-bond acceptors (Lipinski definition) is 2. The summed E-state index contributed by atoms with van der Waals surface area (Å²) in [5.74, 6) is 1.57. The average Bonchev–Trinajstić information content (AvgIpc) is 2.48. The number of rotatable bonds is 6. The van der Waals surface area contributed by atoms with Gasteiger partial charge in [-0.3, -0.25) is 4.99 Å². The summed E-state index contributed by atoms with van der Waals surface area (Å²) >= 11 is 0. The van der Waals surface area contributed by atoms with Gasteiger partial charge in [-0.1, -0.05) is 34.1 Å². The summed E-state index contributed by atoms with van der Waals surface area (Å²) in [6, 6.07) is 0. The Hall–Kier alpha value is -0.770. The molecule has 1 heterocycles. The van der Waals surface area contributed by atoms with Gasteiger partial charge in [0.2, 0.25) is 0 Å². The van der Waals surface area contributed by atoms with Gasteiger partial charge in [-0.25, -0.2) is 0 Å². The molecule has 4 heteroatoms. The Morgan fingerprint density at radius 1 is 1.32 bits per heavy atom. The van der Waals surface area contributed by atoms with Gasteiger partial charge in [0.15, 0.2) is 5.96 Å². The third kappa shape index (κ3) is 6.15. The quantitative estimate of drug-likeness (QED) is 0.602. The van der Waals surface area contributed by atoms with Crippen LogP contribution in [0, 0.1) is 11.3 Å². The van der Waals surface area contributed by atoms with Gasteiger partial charge in [-0.2, -0.15) is 0 Å². The fourth-order valence-electron chi connectivity index (χ4n) is 3.16. The minimum Gasteiger partial charge on any atom is -0.377 e. The van der Waals surface area contributed by atoms with Crippen molar-refractivity contribution in [2.75, 3.05) is 33.3 Å². The first-order valence-corrected chi connectivity index (χ1v) is 9.01. The number of aliphatic imine (C=N–C) groups is 1. The highest BCUT2D eigenvalue weighted by Crippen LogP contribution is 2.34. The van der Waals surface area contributed by atoms with Gasteiger partial charge in [0.1, 0.15) is 0 Å². The summed E-state index contributed by atoms with van der Waals surface area (Å²) in [7, 11) is 2.13. The fourth-order valence-corrected chi connectivity index (χ4v) is 3.16. The van der Waals surface area contributed by atoms with E-state index >= 15 is 0 Å². The van der Waals surface area contributed by atoms with Gasteiger partial charge in [-0.05, 0) is 31.6 Å². The van der Waals surface area contributed by atoms with Gasteiger partial charge in [0.05, 0.1) is 6.10 Å². The van der Waals surface area contributed by atoms with Crippen LogP contribution in [-0.2, 0) is 4.74 Å². The molecular formula is C18H37N3O. The zero-order chi connectivity index (χ0) is 16.6. The summed E-state index contributed by atoms with van der Waals surface area (Å²) < 4.78 is 6.07. The van der Waals surface area contributed by atoms with Crippen molar-refractivity contribution in [3.63, 3.8) is 0 Å². The second-order valence-electron chi connectivity index (χ2n) is 7.53. The minimum atomic E-state index is 0.188.